The minimum atomic E-state index is -4.86. The first-order valence-electron chi connectivity index (χ1n) is 9.39. The summed E-state index contributed by atoms with van der Waals surface area (Å²) in [6.45, 7) is 4.56. The van der Waals surface area contributed by atoms with Gasteiger partial charge < -0.3 is 4.74 Å². The van der Waals surface area contributed by atoms with Crippen LogP contribution < -0.4 is 0 Å². The summed E-state index contributed by atoms with van der Waals surface area (Å²) in [6.07, 6.45) is -2.49. The third kappa shape index (κ3) is 5.43. The fourth-order valence-corrected chi connectivity index (χ4v) is 3.38. The van der Waals surface area contributed by atoms with Crippen molar-refractivity contribution in [2.24, 2.45) is 11.8 Å². The number of benzene rings is 1. The lowest BCUT2D eigenvalue weighted by atomic mass is 9.85. The molecular formula is C20H22F3NO6. The highest BCUT2D eigenvalue weighted by Gasteiger charge is 2.44. The number of carbonyl (C=O) groups is 3. The third-order valence-electron chi connectivity index (χ3n) is 4.73. The molecule has 0 bridgehead atoms. The van der Waals surface area contributed by atoms with Gasteiger partial charge in [0.25, 0.3) is 5.69 Å². The number of ketones is 2. The predicted octanol–water partition coefficient (Wildman–Crippen LogP) is 4.51. The third-order valence-corrected chi connectivity index (χ3v) is 4.73. The van der Waals surface area contributed by atoms with Crippen LogP contribution in [0.4, 0.5) is 18.9 Å². The Kier molecular flexibility index (Phi) is 6.68. The van der Waals surface area contributed by atoms with Crippen molar-refractivity contribution in [1.82, 2.24) is 0 Å². The molecule has 1 atom stereocenters. The van der Waals surface area contributed by atoms with Crippen molar-refractivity contribution >= 4 is 23.2 Å². The Bertz CT molecular complexity index is 866. The van der Waals surface area contributed by atoms with E-state index in [1.54, 1.807) is 0 Å². The van der Waals surface area contributed by atoms with Crippen LogP contribution in [-0.2, 0) is 20.5 Å². The molecular weight excluding hydrogens is 407 g/mol. The quantitative estimate of drug-likeness (QED) is 0.217. The Morgan fingerprint density at radius 2 is 1.70 bits per heavy atom. The zero-order valence-electron chi connectivity index (χ0n) is 16.7. The smallest absolute Gasteiger partial charge is 0.416 e. The van der Waals surface area contributed by atoms with Gasteiger partial charge in [0.05, 0.1) is 16.1 Å². The van der Waals surface area contributed by atoms with Crippen molar-refractivity contribution in [3.05, 3.63) is 39.4 Å². The number of halogens is 3. The number of hydrogen-bond acceptors (Lipinski definition) is 6. The minimum absolute atomic E-state index is 0.222. The van der Waals surface area contributed by atoms with Gasteiger partial charge in [-0.2, -0.15) is 13.2 Å². The number of rotatable bonds is 6. The predicted molar refractivity (Wildman–Crippen MR) is 98.7 cm³/mol. The van der Waals surface area contributed by atoms with Crippen LogP contribution in [0.3, 0.4) is 0 Å². The first-order chi connectivity index (χ1) is 13.7. The number of nitro groups is 1. The Hall–Kier alpha value is -2.78. The van der Waals surface area contributed by atoms with Crippen LogP contribution in [0.25, 0.3) is 0 Å². The first kappa shape index (κ1) is 23.5. The molecule has 0 N–H and O–H groups in total. The summed E-state index contributed by atoms with van der Waals surface area (Å²) in [4.78, 5) is 48.8. The van der Waals surface area contributed by atoms with Crippen LogP contribution in [0.1, 0.15) is 62.4 Å². The van der Waals surface area contributed by atoms with E-state index in [0.29, 0.717) is 25.0 Å². The maximum Gasteiger partial charge on any atom is 0.416 e. The lowest BCUT2D eigenvalue weighted by molar-refractivity contribution is -0.385. The average Bonchev–Trinajstić information content (AvgIpc) is 3.13. The van der Waals surface area contributed by atoms with Crippen LogP contribution >= 0.6 is 0 Å². The molecule has 1 saturated carbocycles. The average molecular weight is 429 g/mol. The molecule has 1 aliphatic carbocycles. The number of esters is 1. The van der Waals surface area contributed by atoms with Crippen LogP contribution in [-0.4, -0.2) is 28.1 Å². The number of ether oxygens (including phenoxy) is 1. The Balaban J connectivity index is 2.52. The van der Waals surface area contributed by atoms with Gasteiger partial charge in [-0.15, -0.1) is 0 Å². The van der Waals surface area contributed by atoms with Crippen molar-refractivity contribution in [2.45, 2.75) is 58.2 Å². The summed E-state index contributed by atoms with van der Waals surface area (Å²) in [7, 11) is 0. The molecule has 0 aliphatic heterocycles. The number of carbonyl (C=O) groups excluding carboxylic acids is 3. The van der Waals surface area contributed by atoms with E-state index in [2.05, 4.69) is 0 Å². The molecule has 10 heteroatoms. The van der Waals surface area contributed by atoms with Crippen molar-refractivity contribution in [3.63, 3.8) is 0 Å². The molecule has 2 rings (SSSR count). The molecule has 7 nitrogen and oxygen atoms in total. The summed E-state index contributed by atoms with van der Waals surface area (Å²) in [5.41, 5.74) is -4.23. The van der Waals surface area contributed by atoms with Gasteiger partial charge in [-0.3, -0.25) is 24.5 Å². The lowest BCUT2D eigenvalue weighted by Gasteiger charge is -2.24. The zero-order chi connectivity index (χ0) is 22.9. The molecule has 0 saturated heterocycles. The van der Waals surface area contributed by atoms with E-state index in [-0.39, 0.29) is 6.07 Å². The molecule has 0 aromatic heterocycles. The number of Topliss-reactive ketones (excluding diaryl/α,β-unsaturated/α-hetero) is 2. The Morgan fingerprint density at radius 3 is 2.17 bits per heavy atom. The SMILES string of the molecule is CC(C)(C)OC(=O)C(C(=O)c1ccc(C(F)(F)F)cc1[N+](=O)[O-])C(=O)C1CCCC1. The number of hydrogen-bond donors (Lipinski definition) is 0. The van der Waals surface area contributed by atoms with E-state index in [1.165, 1.54) is 20.8 Å². The number of alkyl halides is 3. The summed E-state index contributed by atoms with van der Waals surface area (Å²) in [6, 6.07) is 1.36. The summed E-state index contributed by atoms with van der Waals surface area (Å²) >= 11 is 0. The van der Waals surface area contributed by atoms with Gasteiger partial charge in [-0.25, -0.2) is 0 Å². The molecule has 0 heterocycles. The van der Waals surface area contributed by atoms with Crippen molar-refractivity contribution < 1.29 is 37.2 Å². The van der Waals surface area contributed by atoms with E-state index < -0.39 is 62.9 Å². The highest BCUT2D eigenvalue weighted by Crippen LogP contribution is 2.35. The van der Waals surface area contributed by atoms with E-state index >= 15 is 0 Å². The maximum absolute atomic E-state index is 13.0. The van der Waals surface area contributed by atoms with Gasteiger partial charge in [0.1, 0.15) is 5.60 Å². The van der Waals surface area contributed by atoms with Crippen molar-refractivity contribution in [2.75, 3.05) is 0 Å². The fourth-order valence-electron chi connectivity index (χ4n) is 3.38. The molecule has 1 fully saturated rings. The second kappa shape index (κ2) is 8.53. The van der Waals surface area contributed by atoms with Crippen LogP contribution in [0.2, 0.25) is 0 Å². The topological polar surface area (TPSA) is 104 Å². The lowest BCUT2D eigenvalue weighted by Crippen LogP contribution is -2.40. The molecule has 0 spiro atoms. The standard InChI is InChI=1S/C20H22F3NO6/c1-19(2,3)30-18(27)15(16(25)11-6-4-5-7-11)17(26)13-9-8-12(20(21,22)23)10-14(13)24(28)29/h8-11,15H,4-7H2,1-3H3. The van der Waals surface area contributed by atoms with Crippen LogP contribution in [0, 0.1) is 22.0 Å². The summed E-state index contributed by atoms with van der Waals surface area (Å²) in [5, 5.41) is 11.3. The Morgan fingerprint density at radius 1 is 1.13 bits per heavy atom. The maximum atomic E-state index is 13.0. The van der Waals surface area contributed by atoms with Gasteiger partial charge in [-0.1, -0.05) is 12.8 Å². The molecule has 1 aromatic rings. The zero-order valence-corrected chi connectivity index (χ0v) is 16.7. The first-order valence-corrected chi connectivity index (χ1v) is 9.39. The van der Waals surface area contributed by atoms with Crippen LogP contribution in [0.15, 0.2) is 18.2 Å². The molecule has 1 aromatic carbocycles. The van der Waals surface area contributed by atoms with E-state index in [9.17, 15) is 37.7 Å². The van der Waals surface area contributed by atoms with Gasteiger partial charge in [0.15, 0.2) is 17.5 Å². The van der Waals surface area contributed by atoms with Gasteiger partial charge >= 0.3 is 12.1 Å². The van der Waals surface area contributed by atoms with Crippen molar-refractivity contribution in [3.8, 4) is 0 Å². The molecule has 0 radical (unpaired) electrons. The largest absolute Gasteiger partial charge is 0.459 e. The van der Waals surface area contributed by atoms with Gasteiger partial charge in [0, 0.05) is 12.0 Å². The van der Waals surface area contributed by atoms with Gasteiger partial charge in [-0.05, 0) is 45.7 Å². The molecule has 0 amide bonds. The molecule has 1 unspecified atom stereocenters. The second-order valence-corrected chi connectivity index (χ2v) is 8.20. The van der Waals surface area contributed by atoms with Crippen LogP contribution in [0.5, 0.6) is 0 Å². The van der Waals surface area contributed by atoms with E-state index in [1.807, 2.05) is 0 Å². The molecule has 30 heavy (non-hydrogen) atoms. The summed E-state index contributed by atoms with van der Waals surface area (Å²) < 4.78 is 44.0. The highest BCUT2D eigenvalue weighted by atomic mass is 19.4. The van der Waals surface area contributed by atoms with Gasteiger partial charge in [0.2, 0.25) is 0 Å². The monoisotopic (exact) mass is 429 g/mol. The summed E-state index contributed by atoms with van der Waals surface area (Å²) in [5.74, 6) is -5.68. The molecule has 1 aliphatic rings. The fraction of sp³-hybridized carbons (Fsp3) is 0.550. The minimum Gasteiger partial charge on any atom is -0.459 e. The van der Waals surface area contributed by atoms with E-state index in [0.717, 1.165) is 12.8 Å². The van der Waals surface area contributed by atoms with E-state index in [4.69, 9.17) is 4.74 Å². The Labute approximate surface area is 170 Å². The number of nitro benzene ring substituents is 1. The second-order valence-electron chi connectivity index (χ2n) is 8.20. The van der Waals surface area contributed by atoms with Crippen molar-refractivity contribution in [1.29, 1.82) is 0 Å². The molecule has 164 valence electrons. The highest BCUT2D eigenvalue weighted by molar-refractivity contribution is 6.24. The number of nitrogens with zero attached hydrogens (tertiary/aromatic N) is 1. The normalized spacial score (nSPS) is 16.2.